The molecule has 0 aromatic carbocycles. The Morgan fingerprint density at radius 1 is 1.35 bits per heavy atom. The normalized spacial score (nSPS) is 21.4. The quantitative estimate of drug-likeness (QED) is 0.377. The number of carbonyl (C=O) groups excluding carboxylic acids is 1. The van der Waals surface area contributed by atoms with Crippen LogP contribution in [0.5, 0.6) is 0 Å². The Kier molecular flexibility index (Phi) is 6.98. The van der Waals surface area contributed by atoms with Gasteiger partial charge in [-0.3, -0.25) is 9.36 Å². The van der Waals surface area contributed by atoms with Gasteiger partial charge < -0.3 is 21.3 Å². The van der Waals surface area contributed by atoms with Crippen molar-refractivity contribution in [1.29, 1.82) is 5.26 Å². The average Bonchev–Trinajstić information content (AvgIpc) is 3.26. The lowest BCUT2D eigenvalue weighted by atomic mass is 9.85. The van der Waals surface area contributed by atoms with Crippen LogP contribution in [-0.4, -0.2) is 60.5 Å². The van der Waals surface area contributed by atoms with Crippen LogP contribution in [0.25, 0.3) is 16.9 Å². The first-order valence-corrected chi connectivity index (χ1v) is 11.7. The fourth-order valence-electron chi connectivity index (χ4n) is 4.63. The minimum atomic E-state index is -3.38. The van der Waals surface area contributed by atoms with Crippen molar-refractivity contribution in [1.82, 2.24) is 19.9 Å². The summed E-state index contributed by atoms with van der Waals surface area (Å²) in [6, 6.07) is 3.96. The van der Waals surface area contributed by atoms with Crippen molar-refractivity contribution in [2.24, 2.45) is 5.73 Å². The second-order valence-corrected chi connectivity index (χ2v) is 9.83. The molecule has 0 bridgehead atoms. The summed E-state index contributed by atoms with van der Waals surface area (Å²) in [5.74, 6) is -4.11. The Bertz CT molecular complexity index is 1360. The molecule has 3 aromatic rings. The van der Waals surface area contributed by atoms with Gasteiger partial charge in [-0.25, -0.2) is 23.1 Å². The number of nitrogens with one attached hydrogen (secondary N) is 1. The summed E-state index contributed by atoms with van der Waals surface area (Å²) in [7, 11) is 0. The van der Waals surface area contributed by atoms with Crippen LogP contribution in [0.3, 0.4) is 0 Å². The Balaban J connectivity index is 1.84. The fourth-order valence-corrected chi connectivity index (χ4v) is 4.63. The number of fused-ring (bicyclic) bond motifs is 1. The van der Waals surface area contributed by atoms with E-state index >= 15 is 4.39 Å². The van der Waals surface area contributed by atoms with Gasteiger partial charge in [0.2, 0.25) is 0 Å². The molecule has 37 heavy (non-hydrogen) atoms. The van der Waals surface area contributed by atoms with Crippen LogP contribution in [0, 0.1) is 11.3 Å². The lowest BCUT2D eigenvalue weighted by Crippen LogP contribution is -2.56. The number of nitrogens with two attached hydrogens (primary N) is 1. The first kappa shape index (κ1) is 26.5. The third-order valence-electron chi connectivity index (χ3n) is 6.62. The summed E-state index contributed by atoms with van der Waals surface area (Å²) < 4.78 is 45.8. The maximum atomic E-state index is 15.8. The second kappa shape index (κ2) is 9.74. The van der Waals surface area contributed by atoms with Gasteiger partial charge in [0.1, 0.15) is 29.8 Å². The SMILES string of the molecule is CC(C)(O)C(F)[C@H](NC1CCCC(F)(F)C1O)c1cc(-n2ccc3cc(C#N)cnc32)ncc1C(N)=O. The molecule has 9 nitrogen and oxygen atoms in total. The number of aliphatic hydroxyl groups excluding tert-OH is 1. The molecule has 4 atom stereocenters. The van der Waals surface area contributed by atoms with Crippen LogP contribution in [0.1, 0.15) is 60.6 Å². The predicted octanol–water partition coefficient (Wildman–Crippen LogP) is 2.68. The zero-order valence-corrected chi connectivity index (χ0v) is 20.2. The van der Waals surface area contributed by atoms with E-state index in [1.165, 1.54) is 26.1 Å². The summed E-state index contributed by atoms with van der Waals surface area (Å²) in [5, 5.41) is 33.3. The highest BCUT2D eigenvalue weighted by Gasteiger charge is 2.48. The molecule has 3 aromatic heterocycles. The highest BCUT2D eigenvalue weighted by Crippen LogP contribution is 2.37. The number of hydrogen-bond acceptors (Lipinski definition) is 7. The van der Waals surface area contributed by atoms with Crippen molar-refractivity contribution in [3.05, 3.63) is 53.5 Å². The number of carbonyl (C=O) groups is 1. The number of hydrogen-bond donors (Lipinski definition) is 4. The van der Waals surface area contributed by atoms with Gasteiger partial charge in [0, 0.05) is 36.4 Å². The lowest BCUT2D eigenvalue weighted by molar-refractivity contribution is -0.147. The summed E-state index contributed by atoms with van der Waals surface area (Å²) in [6.07, 6.45) is -0.351. The van der Waals surface area contributed by atoms with Crippen LogP contribution >= 0.6 is 0 Å². The third-order valence-corrected chi connectivity index (χ3v) is 6.62. The lowest BCUT2D eigenvalue weighted by Gasteiger charge is -2.40. The highest BCUT2D eigenvalue weighted by molar-refractivity contribution is 5.94. The Hall–Kier alpha value is -3.53. The number of nitrogens with zero attached hydrogens (tertiary/aromatic N) is 4. The van der Waals surface area contributed by atoms with Gasteiger partial charge in [0.05, 0.1) is 22.8 Å². The van der Waals surface area contributed by atoms with Crippen LogP contribution in [0.15, 0.2) is 36.8 Å². The number of primary amides is 1. The van der Waals surface area contributed by atoms with Crippen LogP contribution in [-0.2, 0) is 0 Å². The summed E-state index contributed by atoms with van der Waals surface area (Å²) in [5.41, 5.74) is 4.17. The van der Waals surface area contributed by atoms with Gasteiger partial charge in [0.25, 0.3) is 11.8 Å². The van der Waals surface area contributed by atoms with Crippen molar-refractivity contribution in [2.45, 2.75) is 69.0 Å². The largest absolute Gasteiger partial charge is 0.387 e. The van der Waals surface area contributed by atoms with E-state index in [1.807, 2.05) is 6.07 Å². The van der Waals surface area contributed by atoms with Crippen molar-refractivity contribution in [3.63, 3.8) is 0 Å². The molecule has 196 valence electrons. The van der Waals surface area contributed by atoms with E-state index in [4.69, 9.17) is 11.0 Å². The van der Waals surface area contributed by atoms with Gasteiger partial charge >= 0.3 is 0 Å². The summed E-state index contributed by atoms with van der Waals surface area (Å²) in [4.78, 5) is 20.8. The zero-order chi connectivity index (χ0) is 27.1. The first-order chi connectivity index (χ1) is 17.3. The third kappa shape index (κ3) is 5.16. The molecular formula is C25H27F3N6O3. The summed E-state index contributed by atoms with van der Waals surface area (Å²) in [6.45, 7) is 2.42. The number of rotatable bonds is 7. The molecule has 1 fully saturated rings. The van der Waals surface area contributed by atoms with Gasteiger partial charge in [-0.1, -0.05) is 0 Å². The van der Waals surface area contributed by atoms with E-state index in [-0.39, 0.29) is 29.8 Å². The molecule has 0 aliphatic heterocycles. The summed E-state index contributed by atoms with van der Waals surface area (Å²) >= 11 is 0. The molecule has 4 rings (SSSR count). The van der Waals surface area contributed by atoms with Crippen LogP contribution in [0.2, 0.25) is 0 Å². The molecule has 1 aliphatic rings. The molecule has 1 saturated carbocycles. The van der Waals surface area contributed by atoms with Gasteiger partial charge in [0.15, 0.2) is 0 Å². The molecule has 3 unspecified atom stereocenters. The topological polar surface area (TPSA) is 150 Å². The molecule has 0 spiro atoms. The minimum absolute atomic E-state index is 0.0243. The second-order valence-electron chi connectivity index (χ2n) is 9.83. The minimum Gasteiger partial charge on any atom is -0.387 e. The van der Waals surface area contributed by atoms with E-state index in [9.17, 15) is 23.8 Å². The van der Waals surface area contributed by atoms with Crippen molar-refractivity contribution < 1.29 is 28.2 Å². The maximum absolute atomic E-state index is 15.8. The first-order valence-electron chi connectivity index (χ1n) is 11.7. The van der Waals surface area contributed by atoms with Gasteiger partial charge in [-0.2, -0.15) is 5.26 Å². The van der Waals surface area contributed by atoms with Crippen LogP contribution in [0.4, 0.5) is 13.2 Å². The molecule has 1 aliphatic carbocycles. The monoisotopic (exact) mass is 516 g/mol. The van der Waals surface area contributed by atoms with Crippen molar-refractivity contribution in [2.75, 3.05) is 0 Å². The van der Waals surface area contributed by atoms with E-state index in [0.29, 0.717) is 16.6 Å². The van der Waals surface area contributed by atoms with Gasteiger partial charge in [-0.15, -0.1) is 0 Å². The van der Waals surface area contributed by atoms with Crippen molar-refractivity contribution in [3.8, 4) is 11.9 Å². The van der Waals surface area contributed by atoms with Crippen LogP contribution < -0.4 is 11.1 Å². The molecule has 0 saturated heterocycles. The van der Waals surface area contributed by atoms with E-state index in [2.05, 4.69) is 15.3 Å². The van der Waals surface area contributed by atoms with Gasteiger partial charge in [-0.05, 0) is 50.5 Å². The number of halogens is 3. The highest BCUT2D eigenvalue weighted by atomic mass is 19.3. The molecule has 1 amide bonds. The maximum Gasteiger partial charge on any atom is 0.274 e. The zero-order valence-electron chi connectivity index (χ0n) is 20.2. The molecule has 3 heterocycles. The number of aromatic nitrogens is 3. The van der Waals surface area contributed by atoms with E-state index in [0.717, 1.165) is 6.20 Å². The fraction of sp³-hybridized carbons (Fsp3) is 0.440. The number of alkyl halides is 3. The molecule has 0 radical (unpaired) electrons. The standard InChI is InChI=1S/C25H27F3N6O3/c1-24(2,37)20(26)19(33-17-4-3-6-25(27,28)21(17)35)15-9-18(31-12-16(15)22(30)36)34-7-5-14-8-13(10-29)11-32-23(14)34/h5,7-9,11-12,17,19-21,33,35,37H,3-4,6H2,1-2H3,(H2,30,36)/t17?,19-,20?,21?/m1/s1. The smallest absolute Gasteiger partial charge is 0.274 e. The molecule has 12 heteroatoms. The van der Waals surface area contributed by atoms with Crippen molar-refractivity contribution >= 4 is 16.9 Å². The number of amides is 1. The predicted molar refractivity (Wildman–Crippen MR) is 128 cm³/mol. The van der Waals surface area contributed by atoms with E-state index < -0.39 is 48.2 Å². The Morgan fingerprint density at radius 3 is 2.73 bits per heavy atom. The number of aliphatic hydroxyl groups is 2. The number of pyridine rings is 2. The Morgan fingerprint density at radius 2 is 2.08 bits per heavy atom. The average molecular weight is 517 g/mol. The number of nitriles is 1. The van der Waals surface area contributed by atoms with E-state index in [1.54, 1.807) is 22.9 Å². The molecular weight excluding hydrogens is 489 g/mol. The Labute approximate surface area is 210 Å². The molecule has 5 N–H and O–H groups in total.